The first-order valence-electron chi connectivity index (χ1n) is 10.1. The molecule has 2 aromatic carbocycles. The fourth-order valence-corrected chi connectivity index (χ4v) is 3.86. The van der Waals surface area contributed by atoms with Gasteiger partial charge in [-0.1, -0.05) is 65.8 Å². The van der Waals surface area contributed by atoms with Gasteiger partial charge in [0.2, 0.25) is 0 Å². The highest BCUT2D eigenvalue weighted by molar-refractivity contribution is 5.54. The van der Waals surface area contributed by atoms with E-state index in [2.05, 4.69) is 79.7 Å². The van der Waals surface area contributed by atoms with E-state index in [0.29, 0.717) is 11.5 Å². The molecule has 0 atom stereocenters. The van der Waals surface area contributed by atoms with E-state index >= 15 is 0 Å². The Kier molecular flexibility index (Phi) is 6.04. The largest absolute Gasteiger partial charge is 0.508 e. The van der Waals surface area contributed by atoms with Crippen LogP contribution >= 0.6 is 0 Å². The van der Waals surface area contributed by atoms with Crippen LogP contribution in [0.25, 0.3) is 0 Å². The first-order valence-corrected chi connectivity index (χ1v) is 10.1. The van der Waals surface area contributed by atoms with Crippen molar-refractivity contribution in [2.75, 3.05) is 0 Å². The van der Waals surface area contributed by atoms with Crippen LogP contribution in [0.1, 0.15) is 87.8 Å². The van der Waals surface area contributed by atoms with Gasteiger partial charge in [-0.05, 0) is 77.1 Å². The molecule has 0 unspecified atom stereocenters. The molecule has 2 N–H and O–H groups in total. The van der Waals surface area contributed by atoms with E-state index in [1.54, 1.807) is 0 Å². The molecule has 2 rings (SSSR count). The van der Waals surface area contributed by atoms with Gasteiger partial charge >= 0.3 is 0 Å². The SMILES string of the molecule is CC=CC(c1cc(C(C)(C)C)c(O)cc1C)c1cc(C(C)(C)C)c(O)cc1C. The van der Waals surface area contributed by atoms with Gasteiger partial charge in [-0.2, -0.15) is 0 Å². The molecule has 0 spiro atoms. The summed E-state index contributed by atoms with van der Waals surface area (Å²) in [4.78, 5) is 0. The highest BCUT2D eigenvalue weighted by Crippen LogP contribution is 2.41. The molecule has 0 aliphatic heterocycles. The van der Waals surface area contributed by atoms with Crippen LogP contribution in [0.2, 0.25) is 0 Å². The van der Waals surface area contributed by atoms with Crippen molar-refractivity contribution >= 4 is 0 Å². The van der Waals surface area contributed by atoms with E-state index in [1.165, 1.54) is 11.1 Å². The van der Waals surface area contributed by atoms with Crippen molar-refractivity contribution in [3.8, 4) is 11.5 Å². The van der Waals surface area contributed by atoms with Crippen LogP contribution in [0.15, 0.2) is 36.4 Å². The normalized spacial score (nSPS) is 12.9. The molecule has 0 amide bonds. The van der Waals surface area contributed by atoms with Crippen LogP contribution in [0, 0.1) is 13.8 Å². The third kappa shape index (κ3) is 4.43. The summed E-state index contributed by atoms with van der Waals surface area (Å²) in [5.41, 5.74) is 6.13. The number of aryl methyl sites for hydroxylation is 2. The number of aromatic hydroxyl groups is 2. The van der Waals surface area contributed by atoms with Crippen molar-refractivity contribution in [3.63, 3.8) is 0 Å². The van der Waals surface area contributed by atoms with Crippen molar-refractivity contribution in [2.45, 2.75) is 79.1 Å². The summed E-state index contributed by atoms with van der Waals surface area (Å²) in [6, 6.07) is 8.07. The summed E-state index contributed by atoms with van der Waals surface area (Å²) in [5.74, 6) is 0.768. The van der Waals surface area contributed by atoms with E-state index in [9.17, 15) is 10.2 Å². The van der Waals surface area contributed by atoms with Crippen LogP contribution in [0.5, 0.6) is 11.5 Å². The number of benzene rings is 2. The molecule has 152 valence electrons. The molecule has 28 heavy (non-hydrogen) atoms. The van der Waals surface area contributed by atoms with Gasteiger partial charge in [-0.3, -0.25) is 0 Å². The van der Waals surface area contributed by atoms with Crippen LogP contribution < -0.4 is 0 Å². The lowest BCUT2D eigenvalue weighted by Gasteiger charge is -2.27. The quantitative estimate of drug-likeness (QED) is 0.562. The number of allylic oxidation sites excluding steroid dienone is 2. The molecule has 2 aromatic rings. The minimum Gasteiger partial charge on any atom is -0.508 e. The molecule has 2 heteroatoms. The minimum atomic E-state index is -0.145. The first kappa shape index (κ1) is 22.1. The van der Waals surface area contributed by atoms with Gasteiger partial charge in [-0.25, -0.2) is 0 Å². The summed E-state index contributed by atoms with van der Waals surface area (Å²) in [6.07, 6.45) is 4.29. The molecule has 0 fully saturated rings. The third-order valence-electron chi connectivity index (χ3n) is 5.44. The molecule has 0 aromatic heterocycles. The van der Waals surface area contributed by atoms with Gasteiger partial charge in [0.15, 0.2) is 0 Å². The van der Waals surface area contributed by atoms with Gasteiger partial charge in [0.1, 0.15) is 11.5 Å². The summed E-state index contributed by atoms with van der Waals surface area (Å²) in [7, 11) is 0. The summed E-state index contributed by atoms with van der Waals surface area (Å²) >= 11 is 0. The minimum absolute atomic E-state index is 0.0633. The highest BCUT2D eigenvalue weighted by atomic mass is 16.3. The molecule has 0 saturated carbocycles. The van der Waals surface area contributed by atoms with Gasteiger partial charge in [0, 0.05) is 5.92 Å². The fourth-order valence-electron chi connectivity index (χ4n) is 3.86. The lowest BCUT2D eigenvalue weighted by atomic mass is 9.77. The van der Waals surface area contributed by atoms with Crippen molar-refractivity contribution < 1.29 is 10.2 Å². The van der Waals surface area contributed by atoms with Crippen molar-refractivity contribution in [2.24, 2.45) is 0 Å². The van der Waals surface area contributed by atoms with Gasteiger partial charge in [0.25, 0.3) is 0 Å². The smallest absolute Gasteiger partial charge is 0.119 e. The second-order valence-electron chi connectivity index (χ2n) is 9.96. The Bertz CT molecular complexity index is 821. The van der Waals surface area contributed by atoms with Crippen LogP contribution in [0.4, 0.5) is 0 Å². The van der Waals surface area contributed by atoms with Crippen molar-refractivity contribution in [1.82, 2.24) is 0 Å². The van der Waals surface area contributed by atoms with E-state index in [0.717, 1.165) is 22.3 Å². The van der Waals surface area contributed by atoms with Crippen molar-refractivity contribution in [3.05, 3.63) is 69.8 Å². The maximum absolute atomic E-state index is 10.5. The average molecular weight is 381 g/mol. The Balaban J connectivity index is 2.79. The van der Waals surface area contributed by atoms with Crippen molar-refractivity contribution in [1.29, 1.82) is 0 Å². The summed E-state index contributed by atoms with van der Waals surface area (Å²) < 4.78 is 0. The zero-order chi connectivity index (χ0) is 21.4. The van der Waals surface area contributed by atoms with Crippen LogP contribution in [-0.4, -0.2) is 10.2 Å². The lowest BCUT2D eigenvalue weighted by Crippen LogP contribution is -2.15. The number of hydrogen-bond donors (Lipinski definition) is 2. The fraction of sp³-hybridized carbons (Fsp3) is 0.462. The average Bonchev–Trinajstić information content (AvgIpc) is 2.51. The zero-order valence-electron chi connectivity index (χ0n) is 18.9. The van der Waals surface area contributed by atoms with E-state index in [4.69, 9.17) is 0 Å². The molecule has 0 heterocycles. The second-order valence-corrected chi connectivity index (χ2v) is 9.96. The Morgan fingerprint density at radius 3 is 1.36 bits per heavy atom. The van der Waals surface area contributed by atoms with Gasteiger partial charge in [0.05, 0.1) is 0 Å². The molecule has 0 radical (unpaired) electrons. The number of phenolic OH excluding ortho intramolecular Hbond substituents is 2. The second kappa shape index (κ2) is 7.66. The number of rotatable bonds is 3. The molecular formula is C26H36O2. The Morgan fingerprint density at radius 2 is 1.07 bits per heavy atom. The predicted molar refractivity (Wildman–Crippen MR) is 120 cm³/mol. The highest BCUT2D eigenvalue weighted by Gasteiger charge is 2.26. The van der Waals surface area contributed by atoms with Gasteiger partial charge in [-0.15, -0.1) is 0 Å². The molecule has 0 aliphatic carbocycles. The van der Waals surface area contributed by atoms with Gasteiger partial charge < -0.3 is 10.2 Å². The molecule has 0 saturated heterocycles. The molecular weight excluding hydrogens is 344 g/mol. The van der Waals surface area contributed by atoms with E-state index < -0.39 is 0 Å². The topological polar surface area (TPSA) is 40.5 Å². The molecule has 0 aliphatic rings. The molecule has 2 nitrogen and oxygen atoms in total. The lowest BCUT2D eigenvalue weighted by molar-refractivity contribution is 0.445. The predicted octanol–water partition coefficient (Wildman–Crippen LogP) is 7.02. The maximum atomic E-state index is 10.5. The standard InChI is InChI=1S/C26H36O2/c1-10-11-18(19-14-21(25(4,5)6)23(27)12-16(19)2)20-15-22(26(7,8)9)24(28)13-17(20)3/h10-15,18,27-28H,1-9H3. The monoisotopic (exact) mass is 380 g/mol. The van der Waals surface area contributed by atoms with E-state index in [1.807, 2.05) is 19.1 Å². The molecule has 0 bridgehead atoms. The Hall–Kier alpha value is -2.22. The summed E-state index contributed by atoms with van der Waals surface area (Å²) in [5, 5.41) is 21.0. The number of hydrogen-bond acceptors (Lipinski definition) is 2. The Morgan fingerprint density at radius 1 is 0.714 bits per heavy atom. The van der Waals surface area contributed by atoms with Crippen LogP contribution in [0.3, 0.4) is 0 Å². The summed E-state index contributed by atoms with van der Waals surface area (Å²) in [6.45, 7) is 18.9. The van der Waals surface area contributed by atoms with E-state index in [-0.39, 0.29) is 16.7 Å². The maximum Gasteiger partial charge on any atom is 0.119 e. The third-order valence-corrected chi connectivity index (χ3v) is 5.44. The Labute approximate surface area is 170 Å². The van der Waals surface area contributed by atoms with Crippen LogP contribution in [-0.2, 0) is 10.8 Å². The first-order chi connectivity index (χ1) is 12.8. The number of phenols is 2. The zero-order valence-corrected chi connectivity index (χ0v) is 18.9.